The highest BCUT2D eigenvalue weighted by Gasteiger charge is 2.34. The average Bonchev–Trinajstić information content (AvgIpc) is 3.44. The van der Waals surface area contributed by atoms with Crippen molar-refractivity contribution >= 4 is 41.2 Å². The Balaban J connectivity index is 1.54. The first-order valence-electron chi connectivity index (χ1n) is 9.93. The zero-order valence-electron chi connectivity index (χ0n) is 17.4. The molecule has 2 aromatic carbocycles. The van der Waals surface area contributed by atoms with Crippen molar-refractivity contribution in [1.29, 1.82) is 0 Å². The number of amides is 1. The summed E-state index contributed by atoms with van der Waals surface area (Å²) >= 11 is 1.28. The molecule has 1 aliphatic heterocycles. The Bertz CT molecular complexity index is 1160. The lowest BCUT2D eigenvalue weighted by molar-refractivity contribution is -0.122. The Labute approximate surface area is 190 Å². The van der Waals surface area contributed by atoms with E-state index in [0.717, 1.165) is 16.9 Å². The largest absolute Gasteiger partial charge is 0.497 e. The van der Waals surface area contributed by atoms with Gasteiger partial charge in [0.2, 0.25) is 0 Å². The molecule has 1 fully saturated rings. The van der Waals surface area contributed by atoms with E-state index in [1.807, 2.05) is 78.9 Å². The molecule has 0 aliphatic carbocycles. The van der Waals surface area contributed by atoms with Crippen LogP contribution in [0.5, 0.6) is 5.75 Å². The Morgan fingerprint density at radius 1 is 1.03 bits per heavy atom. The number of methoxy groups -OCH3 is 1. The van der Waals surface area contributed by atoms with E-state index in [1.54, 1.807) is 30.6 Å². The fourth-order valence-electron chi connectivity index (χ4n) is 2.97. The fraction of sp³-hybridized carbons (Fsp3) is 0.0800. The molecule has 0 unspecified atom stereocenters. The molecule has 1 aliphatic rings. The van der Waals surface area contributed by atoms with E-state index in [9.17, 15) is 4.79 Å². The zero-order chi connectivity index (χ0) is 22.2. The molecule has 1 saturated heterocycles. The van der Waals surface area contributed by atoms with Crippen LogP contribution in [0.15, 0.2) is 98.6 Å². The van der Waals surface area contributed by atoms with Crippen LogP contribution in [0, 0.1) is 0 Å². The maximum Gasteiger partial charge on any atom is 0.267 e. The second kappa shape index (κ2) is 10.5. The van der Waals surface area contributed by atoms with Gasteiger partial charge in [0.1, 0.15) is 11.5 Å². The summed E-state index contributed by atoms with van der Waals surface area (Å²) < 4.78 is 10.6. The summed E-state index contributed by atoms with van der Waals surface area (Å²) in [6, 6.07) is 21.1. The number of hydrogen-bond donors (Lipinski definition) is 0. The minimum Gasteiger partial charge on any atom is -0.497 e. The molecule has 1 aromatic heterocycles. The molecule has 0 radical (unpaired) electrons. The molecular formula is C25H21N3O3S. The molecule has 1 amide bonds. The molecular weight excluding hydrogens is 422 g/mol. The van der Waals surface area contributed by atoms with Crippen LogP contribution in [0.1, 0.15) is 16.9 Å². The number of furan rings is 1. The monoisotopic (exact) mass is 443 g/mol. The minimum absolute atomic E-state index is 0.143. The van der Waals surface area contributed by atoms with Crippen LogP contribution < -0.4 is 4.74 Å². The van der Waals surface area contributed by atoms with Crippen molar-refractivity contribution in [3.05, 3.63) is 101 Å². The number of ether oxygens (including phenoxy) is 1. The number of amidine groups is 1. The van der Waals surface area contributed by atoms with Gasteiger partial charge < -0.3 is 9.15 Å². The first kappa shape index (κ1) is 21.4. The summed E-state index contributed by atoms with van der Waals surface area (Å²) in [7, 11) is 1.62. The van der Waals surface area contributed by atoms with Gasteiger partial charge in [-0.25, -0.2) is 0 Å². The number of rotatable bonds is 7. The molecule has 4 rings (SSSR count). The van der Waals surface area contributed by atoms with E-state index in [4.69, 9.17) is 9.15 Å². The standard InChI is InChI=1S/C25H21N3O3S/c1-30-21-13-11-20(12-14-21)17-23-24(29)28(18-22-10-6-16-31-22)25(32-23)27-26-15-5-9-19-7-3-2-4-8-19/h2-17H,18H2,1H3/b9-5+,23-17-,26-15-,27-25+. The van der Waals surface area contributed by atoms with Crippen molar-refractivity contribution in [3.8, 4) is 5.75 Å². The Morgan fingerprint density at radius 3 is 2.56 bits per heavy atom. The normalized spacial score (nSPS) is 16.8. The third kappa shape index (κ3) is 5.44. The van der Waals surface area contributed by atoms with Crippen LogP contribution >= 0.6 is 11.8 Å². The Kier molecular flexibility index (Phi) is 6.99. The second-order valence-electron chi connectivity index (χ2n) is 6.77. The number of thioether (sulfide) groups is 1. The fourth-order valence-corrected chi connectivity index (χ4v) is 3.91. The van der Waals surface area contributed by atoms with Gasteiger partial charge in [0.15, 0.2) is 5.17 Å². The molecule has 7 heteroatoms. The van der Waals surface area contributed by atoms with Gasteiger partial charge in [-0.2, -0.15) is 5.10 Å². The van der Waals surface area contributed by atoms with Gasteiger partial charge >= 0.3 is 0 Å². The predicted octanol–water partition coefficient (Wildman–Crippen LogP) is 5.46. The topological polar surface area (TPSA) is 67.4 Å². The summed E-state index contributed by atoms with van der Waals surface area (Å²) in [6.07, 6.45) is 8.77. The second-order valence-corrected chi connectivity index (χ2v) is 7.78. The molecule has 0 atom stereocenters. The minimum atomic E-state index is -0.143. The van der Waals surface area contributed by atoms with E-state index < -0.39 is 0 Å². The van der Waals surface area contributed by atoms with Crippen LogP contribution in [0.2, 0.25) is 0 Å². The molecule has 0 saturated carbocycles. The van der Waals surface area contributed by atoms with Crippen LogP contribution in [0.4, 0.5) is 0 Å². The van der Waals surface area contributed by atoms with Crippen molar-refractivity contribution in [2.45, 2.75) is 6.54 Å². The van der Waals surface area contributed by atoms with Gasteiger partial charge in [-0.05, 0) is 59.3 Å². The summed E-state index contributed by atoms with van der Waals surface area (Å²) in [4.78, 5) is 15.2. The number of hydrogen-bond acceptors (Lipinski definition) is 6. The van der Waals surface area contributed by atoms with Crippen LogP contribution in [0.25, 0.3) is 12.2 Å². The van der Waals surface area contributed by atoms with Gasteiger partial charge in [-0.1, -0.05) is 48.5 Å². The van der Waals surface area contributed by atoms with Gasteiger partial charge in [0.25, 0.3) is 5.91 Å². The first-order chi connectivity index (χ1) is 15.7. The summed E-state index contributed by atoms with van der Waals surface area (Å²) in [5.74, 6) is 1.29. The lowest BCUT2D eigenvalue weighted by atomic mass is 10.2. The zero-order valence-corrected chi connectivity index (χ0v) is 18.2. The van der Waals surface area contributed by atoms with Gasteiger partial charge in [-0.15, -0.1) is 5.10 Å². The molecule has 32 heavy (non-hydrogen) atoms. The molecule has 3 aromatic rings. The van der Waals surface area contributed by atoms with E-state index in [-0.39, 0.29) is 12.5 Å². The maximum atomic E-state index is 13.1. The van der Waals surface area contributed by atoms with Crippen molar-refractivity contribution in [1.82, 2.24) is 4.90 Å². The van der Waals surface area contributed by atoms with E-state index >= 15 is 0 Å². The lowest BCUT2D eigenvalue weighted by Gasteiger charge is -2.12. The Hall–Kier alpha value is -3.84. The maximum absolute atomic E-state index is 13.1. The number of carbonyl (C=O) groups excluding carboxylic acids is 1. The Morgan fingerprint density at radius 2 is 1.84 bits per heavy atom. The summed E-state index contributed by atoms with van der Waals surface area (Å²) in [6.45, 7) is 0.285. The average molecular weight is 444 g/mol. The highest BCUT2D eigenvalue weighted by molar-refractivity contribution is 8.18. The van der Waals surface area contributed by atoms with Crippen LogP contribution in [-0.2, 0) is 11.3 Å². The molecule has 0 spiro atoms. The van der Waals surface area contributed by atoms with Gasteiger partial charge in [0.05, 0.1) is 24.8 Å². The molecule has 0 N–H and O–H groups in total. The lowest BCUT2D eigenvalue weighted by Crippen LogP contribution is -2.28. The van der Waals surface area contributed by atoms with Crippen molar-refractivity contribution in [3.63, 3.8) is 0 Å². The number of benzene rings is 2. The van der Waals surface area contributed by atoms with Crippen LogP contribution in [0.3, 0.4) is 0 Å². The van der Waals surface area contributed by atoms with Crippen molar-refractivity contribution in [2.75, 3.05) is 7.11 Å². The molecule has 2 heterocycles. The van der Waals surface area contributed by atoms with Gasteiger partial charge in [-0.3, -0.25) is 9.69 Å². The quantitative estimate of drug-likeness (QED) is 0.276. The summed E-state index contributed by atoms with van der Waals surface area (Å²) in [5.41, 5.74) is 1.97. The smallest absolute Gasteiger partial charge is 0.267 e. The summed E-state index contributed by atoms with van der Waals surface area (Å²) in [5, 5.41) is 8.92. The third-order valence-corrected chi connectivity index (χ3v) is 5.58. The van der Waals surface area contributed by atoms with Gasteiger partial charge in [0, 0.05) is 6.21 Å². The SMILES string of the molecule is COc1ccc(/C=C2\S/C(=N/N=C\C=C\c3ccccc3)N(Cc3ccco3)C2=O)cc1. The predicted molar refractivity (Wildman–Crippen MR) is 129 cm³/mol. The van der Waals surface area contributed by atoms with Crippen LogP contribution in [-0.4, -0.2) is 29.3 Å². The third-order valence-electron chi connectivity index (χ3n) is 4.58. The number of carbonyl (C=O) groups is 1. The van der Waals surface area contributed by atoms with E-state index in [0.29, 0.717) is 15.8 Å². The highest BCUT2D eigenvalue weighted by Crippen LogP contribution is 2.34. The number of allylic oxidation sites excluding steroid dienone is 1. The molecule has 160 valence electrons. The van der Waals surface area contributed by atoms with Crippen molar-refractivity contribution in [2.24, 2.45) is 10.2 Å². The number of nitrogens with zero attached hydrogens (tertiary/aromatic N) is 3. The van der Waals surface area contributed by atoms with Crippen molar-refractivity contribution < 1.29 is 13.9 Å². The van der Waals surface area contributed by atoms with E-state index in [2.05, 4.69) is 10.2 Å². The van der Waals surface area contributed by atoms with E-state index in [1.165, 1.54) is 11.8 Å². The molecule has 0 bridgehead atoms. The molecule has 6 nitrogen and oxygen atoms in total. The first-order valence-corrected chi connectivity index (χ1v) is 10.7. The highest BCUT2D eigenvalue weighted by atomic mass is 32.2.